The van der Waals surface area contributed by atoms with Crippen molar-refractivity contribution in [2.75, 3.05) is 34.5 Å². The number of hydrogen-bond donors (Lipinski definition) is 1. The molecule has 2 bridgehead atoms. The lowest BCUT2D eigenvalue weighted by Gasteiger charge is -2.29. The van der Waals surface area contributed by atoms with Crippen LogP contribution in [0.5, 0.6) is 0 Å². The second kappa shape index (κ2) is 7.23. The monoisotopic (exact) mass is 334 g/mol. The second-order valence-corrected chi connectivity index (χ2v) is 7.85. The molecule has 126 valence electrons. The third-order valence-electron chi connectivity index (χ3n) is 4.66. The molecule has 0 amide bonds. The van der Waals surface area contributed by atoms with Crippen molar-refractivity contribution in [3.05, 3.63) is 12.2 Å². The minimum absolute atomic E-state index is 0.0641. The first-order valence-corrected chi connectivity index (χ1v) is 8.81. The Hall–Kier alpha value is -0.720. The van der Waals surface area contributed by atoms with E-state index in [4.69, 9.17) is 13.8 Å². The van der Waals surface area contributed by atoms with Crippen LogP contribution in [0.4, 0.5) is 0 Å². The zero-order chi connectivity index (χ0) is 16.3. The number of carbonyl (C=O) groups is 1. The average molecular weight is 334 g/mol. The first-order chi connectivity index (χ1) is 10.5. The molecule has 0 aromatic rings. The molecule has 3 unspecified atom stereocenters. The summed E-state index contributed by atoms with van der Waals surface area (Å²) in [6.45, 7) is 0.252. The van der Waals surface area contributed by atoms with Gasteiger partial charge in [-0.25, -0.2) is 4.79 Å². The number of methoxy groups -OCH3 is 1. The molecule has 1 fully saturated rings. The topological polar surface area (TPSA) is 91.3 Å². The Morgan fingerprint density at radius 1 is 1.23 bits per heavy atom. The summed E-state index contributed by atoms with van der Waals surface area (Å²) in [6.07, 6.45) is 5.22. The summed E-state index contributed by atoms with van der Waals surface area (Å²) >= 11 is 0. The first-order valence-electron chi connectivity index (χ1n) is 7.20. The normalized spacial score (nSPS) is 31.5. The molecule has 1 N–H and O–H groups in total. The predicted octanol–water partition coefficient (Wildman–Crippen LogP) is 1.42. The van der Waals surface area contributed by atoms with Gasteiger partial charge < -0.3 is 23.6 Å². The van der Waals surface area contributed by atoms with Crippen LogP contribution in [0, 0.1) is 23.7 Å². The lowest BCUT2D eigenvalue weighted by Crippen LogP contribution is -2.33. The molecular weight excluding hydrogens is 311 g/mol. The van der Waals surface area contributed by atoms with E-state index in [1.54, 1.807) is 0 Å². The van der Waals surface area contributed by atoms with E-state index in [9.17, 15) is 14.5 Å². The molecule has 0 saturated heterocycles. The van der Waals surface area contributed by atoms with Gasteiger partial charge in [0.2, 0.25) is 0 Å². The highest BCUT2D eigenvalue weighted by atomic mass is 31.2. The van der Waals surface area contributed by atoms with Crippen molar-refractivity contribution in [2.45, 2.75) is 12.3 Å². The van der Waals surface area contributed by atoms with Crippen LogP contribution in [-0.2, 0) is 27.9 Å². The Morgan fingerprint density at radius 3 is 2.32 bits per heavy atom. The maximum Gasteiger partial charge on any atom is 0.370 e. The van der Waals surface area contributed by atoms with Crippen molar-refractivity contribution in [3.8, 4) is 0 Å². The molecule has 1 saturated carbocycles. The molecule has 0 heterocycles. The summed E-state index contributed by atoms with van der Waals surface area (Å²) in [5.74, 6) is -1.39. The van der Waals surface area contributed by atoms with E-state index in [-0.39, 0.29) is 25.0 Å². The molecule has 2 aliphatic carbocycles. The first kappa shape index (κ1) is 17.6. The maximum absolute atomic E-state index is 12.4. The lowest BCUT2D eigenvalue weighted by atomic mass is 9.84. The number of hydrogen-bond acceptors (Lipinski definition) is 7. The summed E-state index contributed by atoms with van der Waals surface area (Å²) in [7, 11) is -0.168. The zero-order valence-corrected chi connectivity index (χ0v) is 13.9. The van der Waals surface area contributed by atoms with Crippen molar-refractivity contribution in [2.24, 2.45) is 23.7 Å². The Balaban J connectivity index is 2.07. The number of allylic oxidation sites excluding steroid dienone is 2. The van der Waals surface area contributed by atoms with Gasteiger partial charge in [-0.15, -0.1) is 0 Å². The Kier molecular flexibility index (Phi) is 5.80. The number of ether oxygens (including phenoxy) is 2. The highest BCUT2D eigenvalue weighted by Crippen LogP contribution is 2.54. The molecule has 2 aliphatic rings. The van der Waals surface area contributed by atoms with Gasteiger partial charge >= 0.3 is 13.6 Å². The summed E-state index contributed by atoms with van der Waals surface area (Å²) in [6, 6.07) is 0. The van der Waals surface area contributed by atoms with Gasteiger partial charge in [-0.05, 0) is 30.1 Å². The van der Waals surface area contributed by atoms with Crippen molar-refractivity contribution in [1.82, 2.24) is 0 Å². The predicted molar refractivity (Wildman–Crippen MR) is 78.2 cm³/mol. The fourth-order valence-electron chi connectivity index (χ4n) is 3.40. The van der Waals surface area contributed by atoms with E-state index < -0.39 is 19.4 Å². The van der Waals surface area contributed by atoms with Crippen LogP contribution in [0.3, 0.4) is 0 Å². The fourth-order valence-corrected chi connectivity index (χ4v) is 4.57. The van der Waals surface area contributed by atoms with Crippen LogP contribution in [0.1, 0.15) is 6.42 Å². The Morgan fingerprint density at radius 2 is 1.82 bits per heavy atom. The van der Waals surface area contributed by atoms with Gasteiger partial charge in [-0.3, -0.25) is 4.57 Å². The van der Waals surface area contributed by atoms with Crippen molar-refractivity contribution < 1.29 is 33.0 Å². The SMILES string of the molecule is COC(=O)C(OC[C@@H]1C2C=CC(C2)[C@@H]1CO)P(=O)(OC)OC. The minimum Gasteiger partial charge on any atom is -0.467 e. The van der Waals surface area contributed by atoms with E-state index in [0.717, 1.165) is 6.42 Å². The third-order valence-corrected chi connectivity index (χ3v) is 6.61. The van der Waals surface area contributed by atoms with Gasteiger partial charge in [0.1, 0.15) is 0 Å². The van der Waals surface area contributed by atoms with E-state index >= 15 is 0 Å². The number of fused-ring (bicyclic) bond motifs is 2. The van der Waals surface area contributed by atoms with E-state index in [1.165, 1.54) is 21.3 Å². The molecule has 2 rings (SSSR count). The molecule has 0 aromatic heterocycles. The highest BCUT2D eigenvalue weighted by Gasteiger charge is 2.47. The van der Waals surface area contributed by atoms with Gasteiger partial charge in [0.05, 0.1) is 13.7 Å². The summed E-state index contributed by atoms with van der Waals surface area (Å²) < 4.78 is 32.3. The molecule has 7 nitrogen and oxygen atoms in total. The van der Waals surface area contributed by atoms with E-state index in [0.29, 0.717) is 11.8 Å². The highest BCUT2D eigenvalue weighted by molar-refractivity contribution is 7.55. The van der Waals surface area contributed by atoms with Crippen molar-refractivity contribution >= 4 is 13.6 Å². The number of aliphatic hydroxyl groups is 1. The van der Waals surface area contributed by atoms with Crippen LogP contribution in [-0.4, -0.2) is 51.5 Å². The van der Waals surface area contributed by atoms with Crippen molar-refractivity contribution in [3.63, 3.8) is 0 Å². The summed E-state index contributed by atoms with van der Waals surface area (Å²) in [4.78, 5) is 11.8. The second-order valence-electron chi connectivity index (χ2n) is 5.57. The number of aliphatic hydroxyl groups excluding tert-OH is 1. The van der Waals surface area contributed by atoms with Gasteiger partial charge in [-0.1, -0.05) is 12.2 Å². The molecule has 0 aromatic carbocycles. The zero-order valence-electron chi connectivity index (χ0n) is 13.0. The lowest BCUT2D eigenvalue weighted by molar-refractivity contribution is -0.150. The van der Waals surface area contributed by atoms with E-state index in [2.05, 4.69) is 16.9 Å². The molecule has 0 aliphatic heterocycles. The van der Waals surface area contributed by atoms with Gasteiger partial charge in [0.25, 0.3) is 5.85 Å². The van der Waals surface area contributed by atoms with Crippen LogP contribution in [0.25, 0.3) is 0 Å². The van der Waals surface area contributed by atoms with Crippen LogP contribution < -0.4 is 0 Å². The van der Waals surface area contributed by atoms with E-state index in [1.807, 2.05) is 0 Å². The molecular formula is C14H23O7P. The number of esters is 1. The van der Waals surface area contributed by atoms with Gasteiger partial charge in [-0.2, -0.15) is 0 Å². The largest absolute Gasteiger partial charge is 0.467 e. The Labute approximate surface area is 130 Å². The average Bonchev–Trinajstić information content (AvgIpc) is 3.15. The number of rotatable bonds is 8. The summed E-state index contributed by atoms with van der Waals surface area (Å²) in [5.41, 5.74) is 0. The molecule has 5 atom stereocenters. The third kappa shape index (κ3) is 3.14. The molecule has 0 radical (unpaired) electrons. The standard InChI is InChI=1S/C14H23O7P/c1-18-13(16)14(22(17,19-2)20-3)21-8-12-10-5-4-9(6-10)11(12)7-15/h4-5,9-12,14-15H,6-8H2,1-3H3/t9?,10?,11-,12+,14?/m0/s1. The molecule has 0 spiro atoms. The van der Waals surface area contributed by atoms with Crippen LogP contribution >= 0.6 is 7.60 Å². The Bertz CT molecular complexity index is 470. The fraction of sp³-hybridized carbons (Fsp3) is 0.786. The number of carbonyl (C=O) groups excluding carboxylic acids is 1. The van der Waals surface area contributed by atoms with Crippen LogP contribution in [0.2, 0.25) is 0 Å². The minimum atomic E-state index is -3.74. The smallest absolute Gasteiger partial charge is 0.370 e. The molecule has 22 heavy (non-hydrogen) atoms. The quantitative estimate of drug-likeness (QED) is 0.408. The van der Waals surface area contributed by atoms with Gasteiger partial charge in [0.15, 0.2) is 0 Å². The molecule has 8 heteroatoms. The van der Waals surface area contributed by atoms with Crippen molar-refractivity contribution in [1.29, 1.82) is 0 Å². The van der Waals surface area contributed by atoms with Gasteiger partial charge in [0, 0.05) is 20.8 Å². The van der Waals surface area contributed by atoms with Crippen LogP contribution in [0.15, 0.2) is 12.2 Å². The summed E-state index contributed by atoms with van der Waals surface area (Å²) in [5, 5.41) is 9.55. The maximum atomic E-state index is 12.4.